The fourth-order valence-corrected chi connectivity index (χ4v) is 3.15. The third-order valence-electron chi connectivity index (χ3n) is 3.34. The van der Waals surface area contributed by atoms with Crippen LogP contribution in [0.5, 0.6) is 0 Å². The summed E-state index contributed by atoms with van der Waals surface area (Å²) in [5.41, 5.74) is 0.595. The van der Waals surface area contributed by atoms with Crippen LogP contribution in [-0.4, -0.2) is 37.0 Å². The zero-order valence-electron chi connectivity index (χ0n) is 10.7. The lowest BCUT2D eigenvalue weighted by molar-refractivity contribution is 0.0703. The second-order valence-corrected chi connectivity index (χ2v) is 6.17. The zero-order chi connectivity index (χ0) is 13.1. The van der Waals surface area contributed by atoms with Gasteiger partial charge in [0, 0.05) is 16.7 Å². The van der Waals surface area contributed by atoms with Crippen molar-refractivity contribution in [3.8, 4) is 0 Å². The van der Waals surface area contributed by atoms with Gasteiger partial charge in [-0.25, -0.2) is 0 Å². The van der Waals surface area contributed by atoms with Gasteiger partial charge in [-0.15, -0.1) is 12.4 Å². The van der Waals surface area contributed by atoms with Crippen molar-refractivity contribution in [2.24, 2.45) is 0 Å². The molecule has 106 valence electrons. The number of carbonyl (C=O) groups excluding carboxylic acids is 1. The molecule has 0 spiro atoms. The predicted octanol–water partition coefficient (Wildman–Crippen LogP) is 3.19. The smallest absolute Gasteiger partial charge is 0.255 e. The van der Waals surface area contributed by atoms with Gasteiger partial charge in [-0.3, -0.25) is 4.79 Å². The molecule has 0 bridgehead atoms. The third-order valence-corrected chi connectivity index (χ3v) is 4.32. The number of nitrogens with zero attached hydrogens (tertiary/aromatic N) is 1. The van der Waals surface area contributed by atoms with Crippen LogP contribution in [0.25, 0.3) is 0 Å². The molecular formula is C13H17Cl2IN2O. The summed E-state index contributed by atoms with van der Waals surface area (Å²) in [4.78, 5) is 14.2. The number of nitrogens with one attached hydrogen (secondary N) is 1. The van der Waals surface area contributed by atoms with Crippen molar-refractivity contribution in [2.45, 2.75) is 18.9 Å². The predicted molar refractivity (Wildman–Crippen MR) is 89.4 cm³/mol. The molecule has 1 saturated heterocycles. The van der Waals surface area contributed by atoms with Gasteiger partial charge in [0.1, 0.15) is 0 Å². The van der Waals surface area contributed by atoms with Gasteiger partial charge in [-0.1, -0.05) is 11.6 Å². The largest absolute Gasteiger partial charge is 0.339 e. The molecule has 19 heavy (non-hydrogen) atoms. The second kappa shape index (κ2) is 7.67. The van der Waals surface area contributed by atoms with Gasteiger partial charge in [0.25, 0.3) is 5.91 Å². The van der Waals surface area contributed by atoms with E-state index < -0.39 is 0 Å². The highest BCUT2D eigenvalue weighted by Gasteiger charge is 2.24. The van der Waals surface area contributed by atoms with Crippen LogP contribution < -0.4 is 5.32 Å². The summed E-state index contributed by atoms with van der Waals surface area (Å²) >= 11 is 8.33. The first-order valence-corrected chi connectivity index (χ1v) is 7.48. The summed E-state index contributed by atoms with van der Waals surface area (Å²) in [6.45, 7) is 1.95. The molecule has 0 unspecified atom stereocenters. The van der Waals surface area contributed by atoms with Crippen LogP contribution in [0, 0.1) is 3.57 Å². The number of amides is 1. The number of carbonyl (C=O) groups is 1. The maximum Gasteiger partial charge on any atom is 0.255 e. The first-order chi connectivity index (χ1) is 8.59. The minimum Gasteiger partial charge on any atom is -0.339 e. The van der Waals surface area contributed by atoms with Gasteiger partial charge < -0.3 is 10.2 Å². The summed E-state index contributed by atoms with van der Waals surface area (Å²) in [6.07, 6.45) is 2.01. The molecule has 1 amide bonds. The van der Waals surface area contributed by atoms with E-state index in [2.05, 4.69) is 27.9 Å². The topological polar surface area (TPSA) is 32.3 Å². The normalized spacial score (nSPS) is 15.7. The summed E-state index contributed by atoms with van der Waals surface area (Å²) in [5, 5.41) is 3.84. The zero-order valence-corrected chi connectivity index (χ0v) is 14.4. The van der Waals surface area contributed by atoms with E-state index in [0.717, 1.165) is 29.5 Å². The molecule has 6 heteroatoms. The third kappa shape index (κ3) is 4.21. The van der Waals surface area contributed by atoms with Crippen LogP contribution in [0.15, 0.2) is 18.2 Å². The van der Waals surface area contributed by atoms with Crippen LogP contribution in [0.2, 0.25) is 5.02 Å². The van der Waals surface area contributed by atoms with Crippen LogP contribution in [0.4, 0.5) is 0 Å². The Morgan fingerprint density at radius 1 is 1.42 bits per heavy atom. The van der Waals surface area contributed by atoms with Crippen LogP contribution in [0.3, 0.4) is 0 Å². The lowest BCUT2D eigenvalue weighted by Crippen LogP contribution is -2.44. The average Bonchev–Trinajstić information content (AvgIpc) is 2.38. The Bertz CT molecular complexity index is 450. The monoisotopic (exact) mass is 414 g/mol. The number of hydrogen-bond acceptors (Lipinski definition) is 2. The standard InChI is InChI=1S/C13H16ClIN2O.ClH/c1-17(10-4-6-16-7-5-10)13(18)11-3-2-9(15)8-12(11)14;/h2-3,8,10,16H,4-7H2,1H3;1H. The maximum atomic E-state index is 12.4. The van der Waals surface area contributed by atoms with Gasteiger partial charge in [0.05, 0.1) is 10.6 Å². The SMILES string of the molecule is CN(C(=O)c1ccc(I)cc1Cl)C1CCNCC1.Cl. The van der Waals surface area contributed by atoms with Crippen LogP contribution in [-0.2, 0) is 0 Å². The molecule has 1 aliphatic heterocycles. The molecule has 0 aliphatic carbocycles. The van der Waals surface area contributed by atoms with E-state index in [1.165, 1.54) is 0 Å². The Balaban J connectivity index is 0.00000180. The van der Waals surface area contributed by atoms with Crippen LogP contribution >= 0.6 is 46.6 Å². The Labute approximate surface area is 138 Å². The van der Waals surface area contributed by atoms with Crippen molar-refractivity contribution < 1.29 is 4.79 Å². The summed E-state index contributed by atoms with van der Waals surface area (Å²) in [5.74, 6) is 0.0169. The van der Waals surface area contributed by atoms with E-state index in [-0.39, 0.29) is 18.3 Å². The average molecular weight is 415 g/mol. The van der Waals surface area contributed by atoms with Crippen LogP contribution in [0.1, 0.15) is 23.2 Å². The van der Waals surface area contributed by atoms with Gasteiger partial charge in [-0.05, 0) is 66.7 Å². The lowest BCUT2D eigenvalue weighted by Gasteiger charge is -2.31. The Morgan fingerprint density at radius 3 is 2.63 bits per heavy atom. The quantitative estimate of drug-likeness (QED) is 0.753. The Hall–Kier alpha value is -0.0400. The molecule has 2 rings (SSSR count). The van der Waals surface area contributed by atoms with Gasteiger partial charge >= 0.3 is 0 Å². The first kappa shape index (κ1) is 17.0. The summed E-state index contributed by atoms with van der Waals surface area (Å²) in [6, 6.07) is 5.86. The molecule has 1 aromatic carbocycles. The van der Waals surface area contributed by atoms with Gasteiger partial charge in [0.15, 0.2) is 0 Å². The van der Waals surface area contributed by atoms with Crippen molar-refractivity contribution in [3.05, 3.63) is 32.4 Å². The second-order valence-electron chi connectivity index (χ2n) is 4.52. The number of rotatable bonds is 2. The Kier molecular flexibility index (Phi) is 6.86. The Morgan fingerprint density at radius 2 is 2.05 bits per heavy atom. The maximum absolute atomic E-state index is 12.4. The molecular weight excluding hydrogens is 398 g/mol. The molecule has 0 atom stereocenters. The van der Waals surface area contributed by atoms with Gasteiger partial charge in [-0.2, -0.15) is 0 Å². The fourth-order valence-electron chi connectivity index (χ4n) is 2.21. The highest BCUT2D eigenvalue weighted by molar-refractivity contribution is 14.1. The van der Waals surface area contributed by atoms with Crippen molar-refractivity contribution in [3.63, 3.8) is 0 Å². The molecule has 0 radical (unpaired) electrons. The minimum absolute atomic E-state index is 0. The fraction of sp³-hybridized carbons (Fsp3) is 0.462. The highest BCUT2D eigenvalue weighted by Crippen LogP contribution is 2.22. The lowest BCUT2D eigenvalue weighted by atomic mass is 10.0. The molecule has 0 saturated carbocycles. The van der Waals surface area contributed by atoms with E-state index in [0.29, 0.717) is 16.6 Å². The van der Waals surface area contributed by atoms with E-state index in [1.54, 1.807) is 0 Å². The molecule has 1 heterocycles. The van der Waals surface area contributed by atoms with Gasteiger partial charge in [0.2, 0.25) is 0 Å². The van der Waals surface area contributed by atoms with Crippen molar-refractivity contribution in [1.82, 2.24) is 10.2 Å². The molecule has 1 aromatic rings. The van der Waals surface area contributed by atoms with E-state index in [4.69, 9.17) is 11.6 Å². The van der Waals surface area contributed by atoms with E-state index >= 15 is 0 Å². The number of benzene rings is 1. The number of halogens is 3. The van der Waals surface area contributed by atoms with Crippen molar-refractivity contribution >= 4 is 52.5 Å². The van der Waals surface area contributed by atoms with Crippen molar-refractivity contribution in [2.75, 3.05) is 20.1 Å². The number of hydrogen-bond donors (Lipinski definition) is 1. The molecule has 1 fully saturated rings. The molecule has 0 aromatic heterocycles. The highest BCUT2D eigenvalue weighted by atomic mass is 127. The van der Waals surface area contributed by atoms with E-state index in [9.17, 15) is 4.79 Å². The first-order valence-electron chi connectivity index (χ1n) is 6.02. The minimum atomic E-state index is 0. The molecule has 1 aliphatic rings. The van der Waals surface area contributed by atoms with E-state index in [1.807, 2.05) is 30.1 Å². The summed E-state index contributed by atoms with van der Waals surface area (Å²) in [7, 11) is 1.87. The van der Waals surface area contributed by atoms with Crippen molar-refractivity contribution in [1.29, 1.82) is 0 Å². The molecule has 3 nitrogen and oxygen atoms in total. The molecule has 1 N–H and O–H groups in total. The number of piperidine rings is 1. The summed E-state index contributed by atoms with van der Waals surface area (Å²) < 4.78 is 1.04.